The minimum absolute atomic E-state index is 0.149. The SMILES string of the molecule is CC1CCN(c2ncc(NC(=O)c3ccccc3)cn2)CC1. The van der Waals surface area contributed by atoms with Crippen LogP contribution in [0.2, 0.25) is 0 Å². The van der Waals surface area contributed by atoms with Crippen LogP contribution in [0.25, 0.3) is 0 Å². The van der Waals surface area contributed by atoms with E-state index in [0.29, 0.717) is 11.3 Å². The molecule has 2 heterocycles. The number of carbonyl (C=O) groups excluding carboxylic acids is 1. The van der Waals surface area contributed by atoms with Crippen LogP contribution in [-0.2, 0) is 0 Å². The van der Waals surface area contributed by atoms with E-state index in [2.05, 4.69) is 27.1 Å². The van der Waals surface area contributed by atoms with E-state index in [1.165, 1.54) is 12.8 Å². The Morgan fingerprint density at radius 2 is 1.77 bits per heavy atom. The zero-order valence-electron chi connectivity index (χ0n) is 12.7. The Morgan fingerprint density at radius 1 is 1.14 bits per heavy atom. The van der Waals surface area contributed by atoms with Crippen molar-refractivity contribution in [2.75, 3.05) is 23.3 Å². The van der Waals surface area contributed by atoms with Gasteiger partial charge < -0.3 is 10.2 Å². The number of hydrogen-bond acceptors (Lipinski definition) is 4. The third-order valence-corrected chi connectivity index (χ3v) is 4.00. The monoisotopic (exact) mass is 296 g/mol. The fraction of sp³-hybridized carbons (Fsp3) is 0.353. The number of benzene rings is 1. The smallest absolute Gasteiger partial charge is 0.255 e. The summed E-state index contributed by atoms with van der Waals surface area (Å²) in [5.41, 5.74) is 1.24. The van der Waals surface area contributed by atoms with E-state index in [-0.39, 0.29) is 5.91 Å². The number of nitrogens with one attached hydrogen (secondary N) is 1. The molecule has 0 atom stereocenters. The molecular formula is C17H20N4O. The molecule has 0 bridgehead atoms. The summed E-state index contributed by atoms with van der Waals surface area (Å²) in [7, 11) is 0. The molecule has 1 aromatic heterocycles. The van der Waals surface area contributed by atoms with Gasteiger partial charge in [-0.15, -0.1) is 0 Å². The van der Waals surface area contributed by atoms with Gasteiger partial charge in [-0.3, -0.25) is 4.79 Å². The summed E-state index contributed by atoms with van der Waals surface area (Å²) in [5.74, 6) is 1.37. The van der Waals surface area contributed by atoms with Crippen LogP contribution in [-0.4, -0.2) is 29.0 Å². The fourth-order valence-electron chi connectivity index (χ4n) is 2.55. The van der Waals surface area contributed by atoms with Crippen molar-refractivity contribution in [2.24, 2.45) is 5.92 Å². The average molecular weight is 296 g/mol. The van der Waals surface area contributed by atoms with Gasteiger partial charge in [0.15, 0.2) is 0 Å². The topological polar surface area (TPSA) is 58.1 Å². The Labute approximate surface area is 130 Å². The zero-order valence-corrected chi connectivity index (χ0v) is 12.7. The molecule has 2 aromatic rings. The summed E-state index contributed by atoms with van der Waals surface area (Å²) < 4.78 is 0. The lowest BCUT2D eigenvalue weighted by molar-refractivity contribution is 0.102. The van der Waals surface area contributed by atoms with Crippen LogP contribution in [0.5, 0.6) is 0 Å². The molecule has 0 aliphatic carbocycles. The van der Waals surface area contributed by atoms with Gasteiger partial charge in [0.05, 0.1) is 18.1 Å². The Morgan fingerprint density at radius 3 is 2.41 bits per heavy atom. The van der Waals surface area contributed by atoms with Crippen LogP contribution in [0.1, 0.15) is 30.1 Å². The van der Waals surface area contributed by atoms with E-state index >= 15 is 0 Å². The highest BCUT2D eigenvalue weighted by Crippen LogP contribution is 2.20. The molecule has 0 unspecified atom stereocenters. The maximum Gasteiger partial charge on any atom is 0.255 e. The number of piperidine rings is 1. The molecule has 1 aliphatic heterocycles. The Bertz CT molecular complexity index is 619. The molecule has 5 nitrogen and oxygen atoms in total. The maximum absolute atomic E-state index is 12.1. The predicted octanol–water partition coefficient (Wildman–Crippen LogP) is 2.97. The molecule has 0 saturated carbocycles. The largest absolute Gasteiger partial charge is 0.341 e. The summed E-state index contributed by atoms with van der Waals surface area (Å²) in [4.78, 5) is 23.0. The van der Waals surface area contributed by atoms with Crippen molar-refractivity contribution in [2.45, 2.75) is 19.8 Å². The lowest BCUT2D eigenvalue weighted by atomic mass is 10.00. The van der Waals surface area contributed by atoms with Crippen LogP contribution in [0.15, 0.2) is 42.7 Å². The first-order valence-corrected chi connectivity index (χ1v) is 7.66. The van der Waals surface area contributed by atoms with Crippen molar-refractivity contribution in [1.82, 2.24) is 9.97 Å². The van der Waals surface area contributed by atoms with Crippen LogP contribution in [0.4, 0.5) is 11.6 Å². The van der Waals surface area contributed by atoms with E-state index < -0.39 is 0 Å². The quantitative estimate of drug-likeness (QED) is 0.946. The molecular weight excluding hydrogens is 276 g/mol. The van der Waals surface area contributed by atoms with Gasteiger partial charge in [0, 0.05) is 18.7 Å². The number of nitrogens with zero attached hydrogens (tertiary/aromatic N) is 3. The van der Waals surface area contributed by atoms with E-state index in [1.807, 2.05) is 18.2 Å². The summed E-state index contributed by atoms with van der Waals surface area (Å²) in [6, 6.07) is 9.12. The fourth-order valence-corrected chi connectivity index (χ4v) is 2.55. The van der Waals surface area contributed by atoms with Gasteiger partial charge in [0.25, 0.3) is 5.91 Å². The third-order valence-electron chi connectivity index (χ3n) is 4.00. The van der Waals surface area contributed by atoms with Crippen LogP contribution < -0.4 is 10.2 Å². The Hall–Kier alpha value is -2.43. The molecule has 5 heteroatoms. The van der Waals surface area contributed by atoms with Crippen molar-refractivity contribution in [3.8, 4) is 0 Å². The Kier molecular flexibility index (Phi) is 4.32. The molecule has 114 valence electrons. The standard InChI is InChI=1S/C17H20N4O/c1-13-7-9-21(10-8-13)17-18-11-15(12-19-17)20-16(22)14-5-3-2-4-6-14/h2-6,11-13H,7-10H2,1H3,(H,20,22). The molecule has 1 aromatic carbocycles. The molecule has 1 amide bonds. The van der Waals surface area contributed by atoms with E-state index in [4.69, 9.17) is 0 Å². The summed E-state index contributed by atoms with van der Waals surface area (Å²) in [6.45, 7) is 4.27. The van der Waals surface area contributed by atoms with E-state index in [1.54, 1.807) is 24.5 Å². The van der Waals surface area contributed by atoms with Gasteiger partial charge in [-0.1, -0.05) is 25.1 Å². The molecule has 0 spiro atoms. The summed E-state index contributed by atoms with van der Waals surface area (Å²) in [5, 5.41) is 2.81. The number of carbonyl (C=O) groups is 1. The Balaban J connectivity index is 1.63. The van der Waals surface area contributed by atoms with Crippen molar-refractivity contribution >= 4 is 17.5 Å². The number of anilines is 2. The van der Waals surface area contributed by atoms with Crippen molar-refractivity contribution in [3.05, 3.63) is 48.3 Å². The molecule has 3 rings (SSSR count). The molecule has 1 fully saturated rings. The average Bonchev–Trinajstić information content (AvgIpc) is 2.57. The van der Waals surface area contributed by atoms with Crippen LogP contribution in [0.3, 0.4) is 0 Å². The van der Waals surface area contributed by atoms with Crippen LogP contribution in [0, 0.1) is 5.92 Å². The van der Waals surface area contributed by atoms with Crippen molar-refractivity contribution in [1.29, 1.82) is 0 Å². The minimum Gasteiger partial charge on any atom is -0.341 e. The van der Waals surface area contributed by atoms with Gasteiger partial charge >= 0.3 is 0 Å². The number of aromatic nitrogens is 2. The van der Waals surface area contributed by atoms with E-state index in [0.717, 1.165) is 25.0 Å². The molecule has 0 radical (unpaired) electrons. The lowest BCUT2D eigenvalue weighted by Crippen LogP contribution is -2.34. The van der Waals surface area contributed by atoms with Gasteiger partial charge in [0.2, 0.25) is 5.95 Å². The molecule has 22 heavy (non-hydrogen) atoms. The number of amides is 1. The normalized spacial score (nSPS) is 15.6. The van der Waals surface area contributed by atoms with Gasteiger partial charge in [-0.2, -0.15) is 0 Å². The second kappa shape index (κ2) is 6.56. The first kappa shape index (κ1) is 14.5. The van der Waals surface area contributed by atoms with E-state index in [9.17, 15) is 4.79 Å². The van der Waals surface area contributed by atoms with Crippen molar-refractivity contribution < 1.29 is 4.79 Å². The van der Waals surface area contributed by atoms with Gasteiger partial charge in [0.1, 0.15) is 0 Å². The third kappa shape index (κ3) is 3.42. The van der Waals surface area contributed by atoms with Crippen LogP contribution >= 0.6 is 0 Å². The molecule has 1 N–H and O–H groups in total. The minimum atomic E-state index is -0.149. The highest BCUT2D eigenvalue weighted by Gasteiger charge is 2.17. The summed E-state index contributed by atoms with van der Waals surface area (Å²) in [6.07, 6.45) is 5.69. The zero-order chi connectivity index (χ0) is 15.4. The molecule has 1 saturated heterocycles. The highest BCUT2D eigenvalue weighted by molar-refractivity contribution is 6.04. The highest BCUT2D eigenvalue weighted by atomic mass is 16.1. The predicted molar refractivity (Wildman–Crippen MR) is 87.0 cm³/mol. The number of hydrogen-bond donors (Lipinski definition) is 1. The van der Waals surface area contributed by atoms with Gasteiger partial charge in [-0.25, -0.2) is 9.97 Å². The molecule has 1 aliphatic rings. The first-order chi connectivity index (χ1) is 10.7. The second-order valence-electron chi connectivity index (χ2n) is 5.76. The number of rotatable bonds is 3. The van der Waals surface area contributed by atoms with Crippen molar-refractivity contribution in [3.63, 3.8) is 0 Å². The maximum atomic E-state index is 12.1. The second-order valence-corrected chi connectivity index (χ2v) is 5.76. The van der Waals surface area contributed by atoms with Gasteiger partial charge in [-0.05, 0) is 30.9 Å². The first-order valence-electron chi connectivity index (χ1n) is 7.66. The summed E-state index contributed by atoms with van der Waals surface area (Å²) >= 11 is 0. The lowest BCUT2D eigenvalue weighted by Gasteiger charge is -2.30.